The second-order valence-corrected chi connectivity index (χ2v) is 2.19. The number of hydrogen-bond donors (Lipinski definition) is 2. The zero-order chi connectivity index (χ0) is 9.15. The van der Waals surface area contributed by atoms with E-state index in [-0.39, 0.29) is 12.2 Å². The molecular formula is C7H18O3. The molecule has 0 radical (unpaired) electrons. The number of aliphatic hydroxyl groups excluding tert-OH is 2. The molecule has 2 N–H and O–H groups in total. The van der Waals surface area contributed by atoms with Gasteiger partial charge in [-0.15, -0.1) is 0 Å². The van der Waals surface area contributed by atoms with Crippen molar-refractivity contribution in [1.82, 2.24) is 0 Å². The Balaban J connectivity index is -0.0000000787. The van der Waals surface area contributed by atoms with E-state index in [4.69, 9.17) is 15.0 Å². The maximum absolute atomic E-state index is 8.06. The Morgan fingerprint density at radius 3 is 0.900 bits per heavy atom. The summed E-state index contributed by atoms with van der Waals surface area (Å²) in [7, 11) is 0. The van der Waals surface area contributed by atoms with E-state index in [9.17, 15) is 0 Å². The molecule has 64 valence electrons. The molecular weight excluding hydrogens is 132 g/mol. The van der Waals surface area contributed by atoms with E-state index in [0.29, 0.717) is 0 Å². The van der Waals surface area contributed by atoms with E-state index >= 15 is 0 Å². The lowest BCUT2D eigenvalue weighted by Gasteiger charge is -1.80. The minimum Gasteiger partial charge on any atom is -0.394 e. The van der Waals surface area contributed by atoms with Gasteiger partial charge < -0.3 is 15.0 Å². The van der Waals surface area contributed by atoms with Crippen LogP contribution in [0, 0.1) is 0 Å². The normalized spacial score (nSPS) is 7.60. The molecule has 0 fully saturated rings. The van der Waals surface area contributed by atoms with Gasteiger partial charge >= 0.3 is 0 Å². The Kier molecular flexibility index (Phi) is 25.8. The highest BCUT2D eigenvalue weighted by molar-refractivity contribution is 5.10. The number of carbonyl (C=O) groups excluding carboxylic acids is 1. The SMILES string of the molecule is C=O.CC(C)O.CC(C)O. The topological polar surface area (TPSA) is 57.5 Å². The van der Waals surface area contributed by atoms with Crippen LogP contribution in [0.1, 0.15) is 27.7 Å². The third-order valence-corrected chi connectivity index (χ3v) is 0. The molecule has 0 heterocycles. The first-order valence-corrected chi connectivity index (χ1v) is 3.11. The van der Waals surface area contributed by atoms with Gasteiger partial charge in [0.05, 0.1) is 0 Å². The molecule has 0 aromatic carbocycles. The van der Waals surface area contributed by atoms with Crippen molar-refractivity contribution in [3.8, 4) is 0 Å². The molecule has 0 atom stereocenters. The molecule has 0 aromatic heterocycles. The molecule has 0 aliphatic carbocycles. The summed E-state index contributed by atoms with van der Waals surface area (Å²) in [6.45, 7) is 8.89. The van der Waals surface area contributed by atoms with Crippen molar-refractivity contribution in [3.63, 3.8) is 0 Å². The lowest BCUT2D eigenvalue weighted by molar-refractivity contribution is -0.0979. The average Bonchev–Trinajstić information content (AvgIpc) is 1.66. The fraction of sp³-hybridized carbons (Fsp3) is 0.857. The monoisotopic (exact) mass is 150 g/mol. The quantitative estimate of drug-likeness (QED) is 0.531. The predicted octanol–water partition coefficient (Wildman–Crippen LogP) is 0.589. The van der Waals surface area contributed by atoms with Gasteiger partial charge in [-0.3, -0.25) is 0 Å². The Morgan fingerprint density at radius 1 is 0.900 bits per heavy atom. The van der Waals surface area contributed by atoms with Gasteiger partial charge in [0.25, 0.3) is 0 Å². The third kappa shape index (κ3) is 1960. The fourth-order valence-electron chi connectivity index (χ4n) is 0. The van der Waals surface area contributed by atoms with Crippen molar-refractivity contribution in [3.05, 3.63) is 0 Å². The van der Waals surface area contributed by atoms with Gasteiger partial charge in [0.2, 0.25) is 0 Å². The molecule has 10 heavy (non-hydrogen) atoms. The van der Waals surface area contributed by atoms with E-state index in [0.717, 1.165) is 0 Å². The van der Waals surface area contributed by atoms with E-state index in [1.807, 2.05) is 6.79 Å². The Labute approximate surface area is 62.7 Å². The lowest BCUT2D eigenvalue weighted by atomic mass is 10.5. The van der Waals surface area contributed by atoms with E-state index < -0.39 is 0 Å². The highest BCUT2D eigenvalue weighted by Gasteiger charge is 1.69. The molecule has 0 amide bonds. The molecule has 0 bridgehead atoms. The Bertz CT molecular complexity index is 32.6. The molecule has 0 spiro atoms. The largest absolute Gasteiger partial charge is 0.394 e. The van der Waals surface area contributed by atoms with Gasteiger partial charge in [0.1, 0.15) is 6.79 Å². The van der Waals surface area contributed by atoms with Crippen molar-refractivity contribution in [2.24, 2.45) is 0 Å². The Hall–Kier alpha value is -0.410. The molecule has 0 aliphatic heterocycles. The molecule has 0 unspecified atom stereocenters. The van der Waals surface area contributed by atoms with Crippen LogP contribution in [0.3, 0.4) is 0 Å². The van der Waals surface area contributed by atoms with E-state index in [1.165, 1.54) is 0 Å². The zero-order valence-electron chi connectivity index (χ0n) is 7.16. The van der Waals surface area contributed by atoms with Gasteiger partial charge in [0.15, 0.2) is 0 Å². The van der Waals surface area contributed by atoms with Crippen molar-refractivity contribution < 1.29 is 15.0 Å². The van der Waals surface area contributed by atoms with E-state index in [2.05, 4.69) is 0 Å². The minimum absolute atomic E-state index is 0.167. The van der Waals surface area contributed by atoms with Gasteiger partial charge in [-0.1, -0.05) is 0 Å². The second kappa shape index (κ2) is 15.8. The predicted molar refractivity (Wildman–Crippen MR) is 41.8 cm³/mol. The van der Waals surface area contributed by atoms with Crippen LogP contribution >= 0.6 is 0 Å². The maximum Gasteiger partial charge on any atom is 0.106 e. The van der Waals surface area contributed by atoms with Crippen LogP contribution in [0.5, 0.6) is 0 Å². The van der Waals surface area contributed by atoms with Crippen LogP contribution in [0.15, 0.2) is 0 Å². The molecule has 3 heteroatoms. The molecule has 0 rings (SSSR count). The summed E-state index contributed by atoms with van der Waals surface area (Å²) < 4.78 is 0. The summed E-state index contributed by atoms with van der Waals surface area (Å²) in [4.78, 5) is 8.00. The summed E-state index contributed by atoms with van der Waals surface area (Å²) in [6, 6.07) is 0. The average molecular weight is 150 g/mol. The fourth-order valence-corrected chi connectivity index (χ4v) is 0. The Morgan fingerprint density at radius 2 is 0.900 bits per heavy atom. The van der Waals surface area contributed by atoms with Gasteiger partial charge in [-0.2, -0.15) is 0 Å². The highest BCUT2D eigenvalue weighted by Crippen LogP contribution is 1.65. The van der Waals surface area contributed by atoms with Crippen LogP contribution in [-0.2, 0) is 4.79 Å². The van der Waals surface area contributed by atoms with Crippen LogP contribution in [-0.4, -0.2) is 29.2 Å². The number of carbonyl (C=O) groups is 1. The maximum atomic E-state index is 8.06. The van der Waals surface area contributed by atoms with Crippen LogP contribution in [0.25, 0.3) is 0 Å². The summed E-state index contributed by atoms with van der Waals surface area (Å²) in [5.74, 6) is 0. The number of rotatable bonds is 0. The van der Waals surface area contributed by atoms with Crippen molar-refractivity contribution in [2.75, 3.05) is 0 Å². The van der Waals surface area contributed by atoms with Crippen molar-refractivity contribution in [2.45, 2.75) is 39.9 Å². The molecule has 0 saturated carbocycles. The van der Waals surface area contributed by atoms with Crippen LogP contribution in [0.2, 0.25) is 0 Å². The van der Waals surface area contributed by atoms with Crippen LogP contribution in [0.4, 0.5) is 0 Å². The number of aliphatic hydroxyl groups is 2. The van der Waals surface area contributed by atoms with Crippen molar-refractivity contribution in [1.29, 1.82) is 0 Å². The van der Waals surface area contributed by atoms with Gasteiger partial charge in [-0.25, -0.2) is 0 Å². The third-order valence-electron chi connectivity index (χ3n) is 0. The van der Waals surface area contributed by atoms with Gasteiger partial charge in [0, 0.05) is 12.2 Å². The summed E-state index contributed by atoms with van der Waals surface area (Å²) in [5, 5.41) is 16.1. The molecule has 0 aliphatic rings. The second-order valence-electron chi connectivity index (χ2n) is 2.19. The molecule has 0 saturated heterocycles. The first-order chi connectivity index (χ1) is 4.46. The zero-order valence-corrected chi connectivity index (χ0v) is 7.16. The summed E-state index contributed by atoms with van der Waals surface area (Å²) in [5.41, 5.74) is 0. The summed E-state index contributed by atoms with van der Waals surface area (Å²) in [6.07, 6.45) is -0.333. The van der Waals surface area contributed by atoms with Crippen molar-refractivity contribution >= 4 is 6.79 Å². The van der Waals surface area contributed by atoms with Gasteiger partial charge in [-0.05, 0) is 27.7 Å². The standard InChI is InChI=1S/2C3H8O.CH2O/c2*1-3(2)4;1-2/h2*3-4H,1-2H3;1H2. The molecule has 3 nitrogen and oxygen atoms in total. The first-order valence-electron chi connectivity index (χ1n) is 3.11. The smallest absolute Gasteiger partial charge is 0.106 e. The summed E-state index contributed by atoms with van der Waals surface area (Å²) >= 11 is 0. The van der Waals surface area contributed by atoms with Crippen LogP contribution < -0.4 is 0 Å². The lowest BCUT2D eigenvalue weighted by Crippen LogP contribution is -1.85. The first kappa shape index (κ1) is 16.3. The molecule has 0 aromatic rings. The highest BCUT2D eigenvalue weighted by atomic mass is 16.3. The minimum atomic E-state index is -0.167. The number of hydrogen-bond acceptors (Lipinski definition) is 3. The van der Waals surface area contributed by atoms with E-state index in [1.54, 1.807) is 27.7 Å².